The van der Waals surface area contributed by atoms with Gasteiger partial charge in [0.2, 0.25) is 0 Å². The van der Waals surface area contributed by atoms with Gasteiger partial charge in [-0.25, -0.2) is 9.59 Å². The minimum Gasteiger partial charge on any atom is -0.444 e. The van der Waals surface area contributed by atoms with Crippen molar-refractivity contribution in [1.82, 2.24) is 9.80 Å². The number of ether oxygens (including phenoxy) is 5. The normalized spacial score (nSPS) is 46.0. The molecule has 0 aromatic rings. The lowest BCUT2D eigenvalue weighted by Crippen LogP contribution is -2.57. The zero-order valence-electron chi connectivity index (χ0n) is 33.2. The van der Waals surface area contributed by atoms with Crippen LogP contribution < -0.4 is 0 Å². The number of rotatable bonds is 5. The molecule has 5 saturated carbocycles. The van der Waals surface area contributed by atoms with E-state index in [2.05, 4.69) is 41.5 Å². The Hall–Kier alpha value is -1.58. The molecule has 2 spiro atoms. The Labute approximate surface area is 307 Å². The van der Waals surface area contributed by atoms with Crippen molar-refractivity contribution in [1.29, 1.82) is 0 Å². The highest BCUT2D eigenvalue weighted by Crippen LogP contribution is 2.87. The molecule has 9 nitrogen and oxygen atoms in total. The van der Waals surface area contributed by atoms with Gasteiger partial charge in [-0.05, 0) is 142 Å². The Bertz CT molecular complexity index is 1360. The molecule has 0 aromatic heterocycles. The fourth-order valence-electron chi connectivity index (χ4n) is 14.0. The van der Waals surface area contributed by atoms with Gasteiger partial charge in [0.25, 0.3) is 0 Å². The Kier molecular flexibility index (Phi) is 8.90. The molecule has 0 N–H and O–H groups in total. The zero-order chi connectivity index (χ0) is 36.3. The second kappa shape index (κ2) is 12.5. The van der Waals surface area contributed by atoms with Crippen LogP contribution in [-0.2, 0) is 23.7 Å². The van der Waals surface area contributed by atoms with Crippen LogP contribution >= 0.6 is 0 Å². The summed E-state index contributed by atoms with van der Waals surface area (Å²) in [6.45, 7) is 23.2. The van der Waals surface area contributed by atoms with Crippen molar-refractivity contribution in [2.45, 2.75) is 163 Å². The molecule has 3 heterocycles. The monoisotopic (exact) mass is 713 g/mol. The van der Waals surface area contributed by atoms with Gasteiger partial charge in [-0.15, -0.1) is 0 Å². The van der Waals surface area contributed by atoms with Crippen molar-refractivity contribution in [3.05, 3.63) is 0 Å². The Morgan fingerprint density at radius 1 is 0.882 bits per heavy atom. The van der Waals surface area contributed by atoms with E-state index in [0.717, 1.165) is 38.3 Å². The smallest absolute Gasteiger partial charge is 0.410 e. The highest BCUT2D eigenvalue weighted by atomic mass is 16.7. The molecule has 288 valence electrons. The van der Waals surface area contributed by atoms with Crippen LogP contribution in [-0.4, -0.2) is 91.1 Å². The van der Waals surface area contributed by atoms with Crippen LogP contribution in [0.3, 0.4) is 0 Å². The van der Waals surface area contributed by atoms with E-state index < -0.39 is 11.9 Å². The number of carbonyl (C=O) groups is 2. The summed E-state index contributed by atoms with van der Waals surface area (Å²) in [6.07, 6.45) is 11.5. The van der Waals surface area contributed by atoms with Crippen LogP contribution in [0.25, 0.3) is 0 Å². The molecular formula is C42H68N2O7. The van der Waals surface area contributed by atoms with Gasteiger partial charge in [0, 0.05) is 19.6 Å². The summed E-state index contributed by atoms with van der Waals surface area (Å²) in [6, 6.07) is 0. The lowest BCUT2D eigenvalue weighted by atomic mass is 9.46. The highest BCUT2D eigenvalue weighted by molar-refractivity contribution is 5.69. The van der Waals surface area contributed by atoms with E-state index in [1.54, 1.807) is 4.90 Å². The zero-order valence-corrected chi connectivity index (χ0v) is 33.2. The van der Waals surface area contributed by atoms with Crippen LogP contribution in [0.2, 0.25) is 0 Å². The number of fused-ring (bicyclic) bond motifs is 4. The summed E-state index contributed by atoms with van der Waals surface area (Å²) in [5.41, 5.74) is 0.718. The average Bonchev–Trinajstić information content (AvgIpc) is 3.58. The number of likely N-dealkylation sites (tertiary alicyclic amines) is 1. The first kappa shape index (κ1) is 36.4. The van der Waals surface area contributed by atoms with E-state index in [4.69, 9.17) is 23.7 Å². The summed E-state index contributed by atoms with van der Waals surface area (Å²) < 4.78 is 31.9. The van der Waals surface area contributed by atoms with Gasteiger partial charge < -0.3 is 33.5 Å². The molecule has 5 unspecified atom stereocenters. The quantitative estimate of drug-likeness (QED) is 0.284. The minimum absolute atomic E-state index is 0.0207. The van der Waals surface area contributed by atoms with E-state index in [0.29, 0.717) is 59.6 Å². The predicted octanol–water partition coefficient (Wildman–Crippen LogP) is 8.28. The summed E-state index contributed by atoms with van der Waals surface area (Å²) in [4.78, 5) is 29.4. The van der Waals surface area contributed by atoms with Crippen LogP contribution in [0.5, 0.6) is 0 Å². The molecule has 13 atom stereocenters. The molecule has 8 fully saturated rings. The molecule has 9 heteroatoms. The van der Waals surface area contributed by atoms with Gasteiger partial charge in [0.1, 0.15) is 11.7 Å². The number of carbonyl (C=O) groups excluding carboxylic acids is 2. The summed E-state index contributed by atoms with van der Waals surface area (Å²) in [7, 11) is 0. The van der Waals surface area contributed by atoms with Crippen molar-refractivity contribution in [2.75, 3.05) is 32.8 Å². The van der Waals surface area contributed by atoms with Gasteiger partial charge in [-0.1, -0.05) is 41.5 Å². The molecule has 0 aromatic carbocycles. The first-order valence-corrected chi connectivity index (χ1v) is 20.9. The number of hydrogen-bond donors (Lipinski definition) is 0. The van der Waals surface area contributed by atoms with Gasteiger partial charge in [0.05, 0.1) is 31.5 Å². The molecule has 0 radical (unpaired) electrons. The molecular weight excluding hydrogens is 644 g/mol. The molecule has 8 rings (SSSR count). The lowest BCUT2D eigenvalue weighted by Gasteiger charge is -2.60. The van der Waals surface area contributed by atoms with Crippen LogP contribution in [0, 0.1) is 57.2 Å². The van der Waals surface area contributed by atoms with Crippen LogP contribution in [0.1, 0.15) is 127 Å². The van der Waals surface area contributed by atoms with Crippen molar-refractivity contribution in [3.8, 4) is 0 Å². The Balaban J connectivity index is 0.946. The fraction of sp³-hybridized carbons (Fsp3) is 0.952. The highest BCUT2D eigenvalue weighted by Gasteiger charge is 2.81. The largest absolute Gasteiger partial charge is 0.444 e. The van der Waals surface area contributed by atoms with Gasteiger partial charge in [0.15, 0.2) is 6.29 Å². The second-order valence-electron chi connectivity index (χ2n) is 20.7. The maximum absolute atomic E-state index is 12.9. The van der Waals surface area contributed by atoms with Crippen LogP contribution in [0.4, 0.5) is 9.59 Å². The average molecular weight is 713 g/mol. The molecule has 51 heavy (non-hydrogen) atoms. The molecule has 3 saturated heterocycles. The molecule has 0 bridgehead atoms. The number of nitrogens with zero attached hydrogens (tertiary/aromatic N) is 2. The van der Waals surface area contributed by atoms with Crippen molar-refractivity contribution in [3.63, 3.8) is 0 Å². The van der Waals surface area contributed by atoms with Gasteiger partial charge in [-0.2, -0.15) is 0 Å². The topological polar surface area (TPSA) is 86.8 Å². The van der Waals surface area contributed by atoms with E-state index >= 15 is 0 Å². The maximum Gasteiger partial charge on any atom is 0.410 e. The standard InChI is InChI=1S/C42H68N2O7/c1-25(2)35(50-36(45)43-17-10-18-43)30-21-26(3)34-29(48-30)22-28-27-11-12-31-39(7,8)32(13-14-42(31)24-41(27,42)16-15-40(28,34)9)49-33-23-44(19-20-47-33)37(46)51-38(4,5)6/h25-35H,10-24H2,1-9H3/t26-,27?,28?,29?,30?,31+,32+,33?,34+,35-,40+,41+,42-/m1/s1. The summed E-state index contributed by atoms with van der Waals surface area (Å²) >= 11 is 0. The van der Waals surface area contributed by atoms with E-state index in [-0.39, 0.29) is 47.9 Å². The Morgan fingerprint density at radius 3 is 2.33 bits per heavy atom. The fourth-order valence-corrected chi connectivity index (χ4v) is 14.0. The third kappa shape index (κ3) is 5.77. The third-order valence-corrected chi connectivity index (χ3v) is 16.3. The molecule has 2 amide bonds. The number of morpholine rings is 1. The van der Waals surface area contributed by atoms with E-state index in [1.165, 1.54) is 44.9 Å². The predicted molar refractivity (Wildman–Crippen MR) is 194 cm³/mol. The SMILES string of the molecule is CC(C)[C@@H](OC(=O)N1CCC1)C1C[C@@H](C)[C@H]2C(CC3C4CC[C@H]5C(C)(C)[C@@H](OC6CN(C(=O)OC(C)(C)C)CCO6)CC[C@@]56C[C@@]46CC[C@@]32C)O1. The molecule has 3 aliphatic heterocycles. The summed E-state index contributed by atoms with van der Waals surface area (Å²) in [5, 5.41) is 0. The van der Waals surface area contributed by atoms with Crippen molar-refractivity contribution >= 4 is 12.2 Å². The van der Waals surface area contributed by atoms with Crippen molar-refractivity contribution < 1.29 is 33.3 Å². The third-order valence-electron chi connectivity index (χ3n) is 16.3. The van der Waals surface area contributed by atoms with Crippen LogP contribution in [0.15, 0.2) is 0 Å². The van der Waals surface area contributed by atoms with Gasteiger partial charge in [-0.3, -0.25) is 0 Å². The van der Waals surface area contributed by atoms with Crippen molar-refractivity contribution in [2.24, 2.45) is 57.2 Å². The molecule has 5 aliphatic carbocycles. The van der Waals surface area contributed by atoms with E-state index in [1.807, 2.05) is 25.7 Å². The first-order valence-electron chi connectivity index (χ1n) is 20.9. The van der Waals surface area contributed by atoms with E-state index in [9.17, 15) is 9.59 Å². The lowest BCUT2D eigenvalue weighted by molar-refractivity contribution is -0.243. The first-order chi connectivity index (χ1) is 24.0. The second-order valence-corrected chi connectivity index (χ2v) is 20.7. The van der Waals surface area contributed by atoms with Gasteiger partial charge >= 0.3 is 12.2 Å². The Morgan fingerprint density at radius 2 is 1.65 bits per heavy atom. The maximum atomic E-state index is 12.9. The minimum atomic E-state index is -0.522. The number of hydrogen-bond acceptors (Lipinski definition) is 7. The molecule has 8 aliphatic rings. The summed E-state index contributed by atoms with van der Waals surface area (Å²) in [5.74, 6) is 3.49. The number of amides is 2.